The van der Waals surface area contributed by atoms with Crippen molar-refractivity contribution >= 4 is 0 Å². The maximum absolute atomic E-state index is 3.07. The molecular formula is C8H8K2. The van der Waals surface area contributed by atoms with Crippen molar-refractivity contribution < 1.29 is 103 Å². The van der Waals surface area contributed by atoms with Gasteiger partial charge < -0.3 is 12.1 Å². The van der Waals surface area contributed by atoms with Crippen LogP contribution in [0, 0.1) is 26.0 Å². The summed E-state index contributed by atoms with van der Waals surface area (Å²) in [4.78, 5) is 0. The van der Waals surface area contributed by atoms with Crippen LogP contribution in [0.1, 0.15) is 11.1 Å². The smallest absolute Gasteiger partial charge is 0.316 e. The van der Waals surface area contributed by atoms with Crippen LogP contribution in [0.15, 0.2) is 12.1 Å². The van der Waals surface area contributed by atoms with Gasteiger partial charge in [0.1, 0.15) is 0 Å². The van der Waals surface area contributed by atoms with Crippen molar-refractivity contribution in [1.29, 1.82) is 0 Å². The van der Waals surface area contributed by atoms with Gasteiger partial charge in [0.2, 0.25) is 0 Å². The van der Waals surface area contributed by atoms with E-state index in [0.717, 1.165) is 11.1 Å². The van der Waals surface area contributed by atoms with Gasteiger partial charge >= 0.3 is 103 Å². The molecule has 1 aromatic carbocycles. The summed E-state index contributed by atoms with van der Waals surface area (Å²) in [6.45, 7) is 4.02. The van der Waals surface area contributed by atoms with Gasteiger partial charge in [0, 0.05) is 0 Å². The Labute approximate surface area is 148 Å². The van der Waals surface area contributed by atoms with Crippen LogP contribution in [0.2, 0.25) is 0 Å². The molecule has 0 nitrogen and oxygen atoms in total. The molecule has 0 unspecified atom stereocenters. The van der Waals surface area contributed by atoms with Gasteiger partial charge in [-0.3, -0.25) is 23.3 Å². The van der Waals surface area contributed by atoms with Gasteiger partial charge in [-0.15, -0.1) is 13.8 Å². The van der Waals surface area contributed by atoms with E-state index in [-0.39, 0.29) is 103 Å². The third-order valence-corrected chi connectivity index (χ3v) is 1.03. The Kier molecular flexibility index (Phi) is 12.2. The second kappa shape index (κ2) is 8.11. The molecule has 0 saturated heterocycles. The Balaban J connectivity index is 0. The van der Waals surface area contributed by atoms with Crippen LogP contribution in [0.25, 0.3) is 0 Å². The van der Waals surface area contributed by atoms with Crippen LogP contribution in [0.4, 0.5) is 0 Å². The molecule has 1 aromatic rings. The molecule has 0 aliphatic heterocycles. The number of hydrogen-bond acceptors (Lipinski definition) is 0. The van der Waals surface area contributed by atoms with E-state index in [2.05, 4.69) is 12.1 Å². The SMILES string of the molecule is Cc1[c-]cc(C)[c-]c1.[K+].[K+]. The van der Waals surface area contributed by atoms with Crippen LogP contribution in [0.5, 0.6) is 0 Å². The largest absolute Gasteiger partial charge is 1.00 e. The van der Waals surface area contributed by atoms with E-state index >= 15 is 0 Å². The number of aryl methyl sites for hydroxylation is 2. The maximum atomic E-state index is 3.07. The van der Waals surface area contributed by atoms with Gasteiger partial charge in [-0.1, -0.05) is 0 Å². The van der Waals surface area contributed by atoms with Crippen LogP contribution < -0.4 is 103 Å². The first-order valence-electron chi connectivity index (χ1n) is 2.65. The molecule has 0 fully saturated rings. The summed E-state index contributed by atoms with van der Waals surface area (Å²) in [6.07, 6.45) is 0. The molecule has 10 heavy (non-hydrogen) atoms. The van der Waals surface area contributed by atoms with E-state index in [4.69, 9.17) is 0 Å². The topological polar surface area (TPSA) is 0 Å². The first-order chi connectivity index (χ1) is 3.79. The summed E-state index contributed by atoms with van der Waals surface area (Å²) in [5.74, 6) is 0. The second-order valence-electron chi connectivity index (χ2n) is 1.94. The van der Waals surface area contributed by atoms with Gasteiger partial charge in [-0.05, 0) is 0 Å². The molecule has 1 rings (SSSR count). The molecule has 0 saturated carbocycles. The van der Waals surface area contributed by atoms with E-state index in [1.165, 1.54) is 0 Å². The molecule has 0 amide bonds. The van der Waals surface area contributed by atoms with Crippen molar-refractivity contribution in [3.8, 4) is 0 Å². The minimum absolute atomic E-state index is 0. The summed E-state index contributed by atoms with van der Waals surface area (Å²) < 4.78 is 0. The summed E-state index contributed by atoms with van der Waals surface area (Å²) in [5.41, 5.74) is 2.30. The predicted octanol–water partition coefficient (Wildman–Crippen LogP) is -4.09. The fourth-order valence-corrected chi connectivity index (χ4v) is 0.528. The normalized spacial score (nSPS) is 7.40. The molecular weight excluding hydrogens is 174 g/mol. The van der Waals surface area contributed by atoms with Crippen LogP contribution in [0.3, 0.4) is 0 Å². The molecule has 0 radical (unpaired) electrons. The van der Waals surface area contributed by atoms with Crippen LogP contribution in [-0.4, -0.2) is 0 Å². The predicted molar refractivity (Wildman–Crippen MR) is 33.6 cm³/mol. The third-order valence-electron chi connectivity index (χ3n) is 1.03. The molecule has 0 aliphatic rings. The van der Waals surface area contributed by atoms with Crippen LogP contribution >= 0.6 is 0 Å². The summed E-state index contributed by atoms with van der Waals surface area (Å²) in [5, 5.41) is 0. The van der Waals surface area contributed by atoms with Gasteiger partial charge in [0.05, 0.1) is 0 Å². The zero-order valence-electron chi connectivity index (χ0n) is 7.15. The molecule has 0 bridgehead atoms. The van der Waals surface area contributed by atoms with Crippen molar-refractivity contribution in [2.75, 3.05) is 0 Å². The Morgan fingerprint density at radius 2 is 1.20 bits per heavy atom. The minimum Gasteiger partial charge on any atom is -0.316 e. The standard InChI is InChI=1S/C8H8.2K/c1-7-3-5-8(2)6-4-7;;/h3,6H,1-2H3;;/q-2;2*+1. The van der Waals surface area contributed by atoms with E-state index in [9.17, 15) is 0 Å². The van der Waals surface area contributed by atoms with Crippen molar-refractivity contribution in [2.45, 2.75) is 13.8 Å². The molecule has 0 aliphatic carbocycles. The average molecular weight is 182 g/mol. The molecule has 0 spiro atoms. The van der Waals surface area contributed by atoms with Gasteiger partial charge in [0.15, 0.2) is 0 Å². The van der Waals surface area contributed by atoms with E-state index in [0.29, 0.717) is 0 Å². The summed E-state index contributed by atoms with van der Waals surface area (Å²) >= 11 is 0. The third kappa shape index (κ3) is 6.06. The molecule has 2 heteroatoms. The molecule has 42 valence electrons. The van der Waals surface area contributed by atoms with Gasteiger partial charge in [-0.2, -0.15) is 0 Å². The maximum Gasteiger partial charge on any atom is 1.00 e. The molecule has 0 heterocycles. The van der Waals surface area contributed by atoms with E-state index < -0.39 is 0 Å². The molecule has 0 N–H and O–H groups in total. The first-order valence-corrected chi connectivity index (χ1v) is 2.65. The Morgan fingerprint density at radius 1 is 0.900 bits per heavy atom. The summed E-state index contributed by atoms with van der Waals surface area (Å²) in [6, 6.07) is 10.0. The molecule has 0 aromatic heterocycles. The van der Waals surface area contributed by atoms with Crippen molar-refractivity contribution in [1.82, 2.24) is 0 Å². The average Bonchev–Trinajstić information content (AvgIpc) is 1.77. The Hall–Kier alpha value is 2.49. The minimum atomic E-state index is 0. The van der Waals surface area contributed by atoms with Gasteiger partial charge in [0.25, 0.3) is 0 Å². The first kappa shape index (κ1) is 15.0. The zero-order chi connectivity index (χ0) is 5.98. The fourth-order valence-electron chi connectivity index (χ4n) is 0.528. The fraction of sp³-hybridized carbons (Fsp3) is 0.250. The monoisotopic (exact) mass is 182 g/mol. The number of benzene rings is 1. The van der Waals surface area contributed by atoms with Gasteiger partial charge in [-0.25, -0.2) is 0 Å². The quantitative estimate of drug-likeness (QED) is 0.283. The van der Waals surface area contributed by atoms with E-state index in [1.54, 1.807) is 0 Å². The Bertz CT molecular complexity index is 146. The van der Waals surface area contributed by atoms with Crippen LogP contribution in [-0.2, 0) is 0 Å². The van der Waals surface area contributed by atoms with Crippen molar-refractivity contribution in [3.05, 3.63) is 35.4 Å². The number of hydrogen-bond donors (Lipinski definition) is 0. The van der Waals surface area contributed by atoms with E-state index in [1.807, 2.05) is 26.0 Å². The zero-order valence-corrected chi connectivity index (χ0v) is 13.4. The number of rotatable bonds is 0. The Morgan fingerprint density at radius 3 is 1.40 bits per heavy atom. The second-order valence-corrected chi connectivity index (χ2v) is 1.94. The van der Waals surface area contributed by atoms with Crippen molar-refractivity contribution in [2.24, 2.45) is 0 Å². The summed E-state index contributed by atoms with van der Waals surface area (Å²) in [7, 11) is 0. The van der Waals surface area contributed by atoms with Crippen molar-refractivity contribution in [3.63, 3.8) is 0 Å². The molecule has 0 atom stereocenters.